The van der Waals surface area contributed by atoms with Crippen LogP contribution in [0.2, 0.25) is 10.0 Å². The summed E-state index contributed by atoms with van der Waals surface area (Å²) < 4.78 is 25.7. The van der Waals surface area contributed by atoms with Gasteiger partial charge in [0.25, 0.3) is 5.91 Å². The van der Waals surface area contributed by atoms with Crippen molar-refractivity contribution < 1.29 is 13.2 Å². The summed E-state index contributed by atoms with van der Waals surface area (Å²) in [5, 5.41) is 0.129. The van der Waals surface area contributed by atoms with Gasteiger partial charge >= 0.3 is 0 Å². The third kappa shape index (κ3) is 4.21. The lowest BCUT2D eigenvalue weighted by Gasteiger charge is -2.29. The van der Waals surface area contributed by atoms with Crippen LogP contribution in [0.5, 0.6) is 0 Å². The van der Waals surface area contributed by atoms with Gasteiger partial charge < -0.3 is 4.90 Å². The van der Waals surface area contributed by atoms with E-state index in [9.17, 15) is 13.2 Å². The summed E-state index contributed by atoms with van der Waals surface area (Å²) in [4.78, 5) is 18.7. The molecule has 1 aromatic heterocycles. The molecule has 0 radical (unpaired) electrons. The lowest BCUT2D eigenvalue weighted by atomic mass is 9.99. The number of carbonyl (C=O) groups is 1. The van der Waals surface area contributed by atoms with E-state index in [-0.39, 0.29) is 26.6 Å². The van der Waals surface area contributed by atoms with E-state index in [1.807, 2.05) is 18.2 Å². The fourth-order valence-electron chi connectivity index (χ4n) is 3.61. The third-order valence-corrected chi connectivity index (χ3v) is 7.68. The Morgan fingerprint density at radius 3 is 2.43 bits per heavy atom. The molecule has 0 unspecified atom stereocenters. The second-order valence-corrected chi connectivity index (χ2v) is 9.88. The van der Waals surface area contributed by atoms with E-state index in [0.29, 0.717) is 24.2 Å². The van der Waals surface area contributed by atoms with Crippen LogP contribution in [0, 0.1) is 0 Å². The molecular weight excluding hydrogens is 443 g/mol. The number of hydrogen-bond acceptors (Lipinski definition) is 4. The van der Waals surface area contributed by atoms with Crippen LogP contribution in [0.3, 0.4) is 0 Å². The largest absolute Gasteiger partial charge is 0.334 e. The smallest absolute Gasteiger partial charge is 0.255 e. The van der Waals surface area contributed by atoms with Crippen molar-refractivity contribution in [2.45, 2.75) is 23.6 Å². The molecule has 1 aliphatic rings. The van der Waals surface area contributed by atoms with E-state index in [2.05, 4.69) is 11.1 Å². The Bertz CT molecular complexity index is 1210. The molecule has 0 saturated heterocycles. The number of halogens is 2. The predicted molar refractivity (Wildman–Crippen MR) is 116 cm³/mol. The molecule has 0 atom stereocenters. The van der Waals surface area contributed by atoms with Gasteiger partial charge in [-0.2, -0.15) is 0 Å². The van der Waals surface area contributed by atoms with E-state index in [1.54, 1.807) is 17.0 Å². The van der Waals surface area contributed by atoms with Gasteiger partial charge in [-0.05, 0) is 41.3 Å². The summed E-state index contributed by atoms with van der Waals surface area (Å²) in [5.74, 6) is -0.528. The van der Waals surface area contributed by atoms with Gasteiger partial charge in [0, 0.05) is 25.5 Å². The molecule has 154 valence electrons. The zero-order valence-corrected chi connectivity index (χ0v) is 18.2. The number of sulfone groups is 1. The zero-order valence-electron chi connectivity index (χ0n) is 15.9. The Balaban J connectivity index is 1.57. The lowest BCUT2D eigenvalue weighted by Crippen LogP contribution is -2.36. The number of fused-ring (bicyclic) bond motifs is 1. The maximum absolute atomic E-state index is 13.0. The minimum absolute atomic E-state index is 0.0645. The Morgan fingerprint density at radius 2 is 1.70 bits per heavy atom. The van der Waals surface area contributed by atoms with Crippen LogP contribution < -0.4 is 0 Å². The standard InChI is InChI=1S/C22H18Cl2N2O3S/c23-19-6-3-7-20(24)21(19)30(28,29)14-15-10-18(12-25-11-15)22(27)26-9-8-16-4-1-2-5-17(16)13-26/h1-7,10-12H,8-9,13-14H2. The Labute approximate surface area is 185 Å². The molecule has 2 heterocycles. The number of amides is 1. The van der Waals surface area contributed by atoms with Crippen molar-refractivity contribution in [3.63, 3.8) is 0 Å². The van der Waals surface area contributed by atoms with Crippen LogP contribution in [0.1, 0.15) is 27.0 Å². The topological polar surface area (TPSA) is 67.3 Å². The fourth-order valence-corrected chi connectivity index (χ4v) is 6.18. The summed E-state index contributed by atoms with van der Waals surface area (Å²) in [6.45, 7) is 1.13. The number of aromatic nitrogens is 1. The van der Waals surface area contributed by atoms with Crippen LogP contribution in [-0.2, 0) is 28.6 Å². The molecule has 3 aromatic rings. The summed E-state index contributed by atoms with van der Waals surface area (Å²) in [6.07, 6.45) is 3.68. The van der Waals surface area contributed by atoms with Gasteiger partial charge in [0.15, 0.2) is 9.84 Å². The van der Waals surface area contributed by atoms with Crippen LogP contribution >= 0.6 is 23.2 Å². The molecular formula is C22H18Cl2N2O3S. The molecule has 0 spiro atoms. The highest BCUT2D eigenvalue weighted by Crippen LogP contribution is 2.31. The normalized spacial score (nSPS) is 13.7. The van der Waals surface area contributed by atoms with E-state index in [4.69, 9.17) is 23.2 Å². The number of hydrogen-bond donors (Lipinski definition) is 0. The Hall–Kier alpha value is -2.41. The van der Waals surface area contributed by atoms with Crippen LogP contribution in [0.4, 0.5) is 0 Å². The molecule has 0 N–H and O–H groups in total. The third-order valence-electron chi connectivity index (χ3n) is 5.05. The van der Waals surface area contributed by atoms with E-state index >= 15 is 0 Å². The van der Waals surface area contributed by atoms with Crippen molar-refractivity contribution >= 4 is 38.9 Å². The lowest BCUT2D eigenvalue weighted by molar-refractivity contribution is 0.0734. The number of pyridine rings is 1. The molecule has 2 aromatic carbocycles. The maximum atomic E-state index is 13.0. The summed E-state index contributed by atoms with van der Waals surface area (Å²) in [7, 11) is -3.81. The molecule has 5 nitrogen and oxygen atoms in total. The van der Waals surface area contributed by atoms with E-state index in [1.165, 1.54) is 30.1 Å². The minimum atomic E-state index is -3.81. The van der Waals surface area contributed by atoms with Crippen molar-refractivity contribution in [3.8, 4) is 0 Å². The first-order chi connectivity index (χ1) is 14.3. The second-order valence-electron chi connectivity index (χ2n) is 7.14. The SMILES string of the molecule is O=C(c1cncc(CS(=O)(=O)c2c(Cl)cccc2Cl)c1)N1CCc2ccccc2C1. The van der Waals surface area contributed by atoms with E-state index < -0.39 is 9.84 Å². The molecule has 0 aliphatic carbocycles. The predicted octanol–water partition coefficient (Wildman–Crippen LogP) is 4.56. The van der Waals surface area contributed by atoms with Crippen molar-refractivity contribution in [3.05, 3.63) is 93.2 Å². The second kappa shape index (κ2) is 8.38. The van der Waals surface area contributed by atoms with Gasteiger partial charge in [-0.25, -0.2) is 8.42 Å². The highest BCUT2D eigenvalue weighted by atomic mass is 35.5. The van der Waals surface area contributed by atoms with E-state index in [0.717, 1.165) is 12.0 Å². The molecule has 30 heavy (non-hydrogen) atoms. The highest BCUT2D eigenvalue weighted by molar-refractivity contribution is 7.90. The van der Waals surface area contributed by atoms with Crippen molar-refractivity contribution in [2.24, 2.45) is 0 Å². The fraction of sp³-hybridized carbons (Fsp3) is 0.182. The van der Waals surface area contributed by atoms with Crippen molar-refractivity contribution in [2.75, 3.05) is 6.54 Å². The summed E-state index contributed by atoms with van der Waals surface area (Å²) >= 11 is 12.1. The first kappa shape index (κ1) is 20.8. The summed E-state index contributed by atoms with van der Waals surface area (Å²) in [5.41, 5.74) is 3.12. The average Bonchev–Trinajstić information content (AvgIpc) is 2.72. The van der Waals surface area contributed by atoms with Crippen LogP contribution in [-0.4, -0.2) is 30.8 Å². The van der Waals surface area contributed by atoms with Gasteiger partial charge in [0.2, 0.25) is 0 Å². The zero-order chi connectivity index (χ0) is 21.3. The molecule has 0 bridgehead atoms. The number of benzene rings is 2. The van der Waals surface area contributed by atoms with Crippen LogP contribution in [0.15, 0.2) is 65.8 Å². The molecule has 4 rings (SSSR count). The number of nitrogens with zero attached hydrogens (tertiary/aromatic N) is 2. The van der Waals surface area contributed by atoms with Gasteiger partial charge in [-0.3, -0.25) is 9.78 Å². The highest BCUT2D eigenvalue weighted by Gasteiger charge is 2.25. The van der Waals surface area contributed by atoms with Gasteiger partial charge in [-0.1, -0.05) is 53.5 Å². The average molecular weight is 461 g/mol. The first-order valence-electron chi connectivity index (χ1n) is 9.32. The quantitative estimate of drug-likeness (QED) is 0.572. The minimum Gasteiger partial charge on any atom is -0.334 e. The van der Waals surface area contributed by atoms with Crippen molar-refractivity contribution in [1.82, 2.24) is 9.88 Å². The molecule has 0 saturated carbocycles. The van der Waals surface area contributed by atoms with Crippen molar-refractivity contribution in [1.29, 1.82) is 0 Å². The van der Waals surface area contributed by atoms with Gasteiger partial charge in [0.1, 0.15) is 4.90 Å². The number of rotatable bonds is 4. The monoisotopic (exact) mass is 460 g/mol. The number of carbonyl (C=O) groups excluding carboxylic acids is 1. The molecule has 1 aliphatic heterocycles. The molecule has 8 heteroatoms. The Kier molecular flexibility index (Phi) is 5.82. The van der Waals surface area contributed by atoms with Crippen LogP contribution in [0.25, 0.3) is 0 Å². The first-order valence-corrected chi connectivity index (χ1v) is 11.7. The van der Waals surface area contributed by atoms with Gasteiger partial charge in [-0.15, -0.1) is 0 Å². The molecule has 0 fully saturated rings. The summed E-state index contributed by atoms with van der Waals surface area (Å²) in [6, 6.07) is 14.2. The Morgan fingerprint density at radius 1 is 1.00 bits per heavy atom. The van der Waals surface area contributed by atoms with Gasteiger partial charge in [0.05, 0.1) is 21.4 Å². The maximum Gasteiger partial charge on any atom is 0.255 e. The molecule has 1 amide bonds.